The lowest BCUT2D eigenvalue weighted by atomic mass is 9.95. The monoisotopic (exact) mass is 728 g/mol. The molecule has 0 fully saturated rings. The van der Waals surface area contributed by atoms with Gasteiger partial charge in [-0.3, -0.25) is 0 Å². The van der Waals surface area contributed by atoms with Gasteiger partial charge in [0.2, 0.25) is 0 Å². The van der Waals surface area contributed by atoms with E-state index in [0.717, 1.165) is 82.8 Å². The number of fused-ring (bicyclic) bond motifs is 6. The summed E-state index contributed by atoms with van der Waals surface area (Å²) in [7, 11) is 0. The summed E-state index contributed by atoms with van der Waals surface area (Å²) < 4.78 is 4.62. The Morgan fingerprint density at radius 2 is 0.789 bits per heavy atom. The van der Waals surface area contributed by atoms with Crippen LogP contribution in [0.3, 0.4) is 0 Å². The highest BCUT2D eigenvalue weighted by molar-refractivity contribution is 6.13. The van der Waals surface area contributed by atoms with Gasteiger partial charge in [0, 0.05) is 27.1 Å². The number of para-hydroxylation sites is 2. The van der Waals surface area contributed by atoms with Crippen LogP contribution in [0.4, 0.5) is 0 Å². The first-order valence-electron chi connectivity index (χ1n) is 19.2. The van der Waals surface area contributed by atoms with Crippen molar-refractivity contribution < 1.29 is 0 Å². The van der Waals surface area contributed by atoms with Gasteiger partial charge < -0.3 is 9.13 Å². The Hall–Kier alpha value is -7.66. The molecule has 2 heterocycles. The van der Waals surface area contributed by atoms with E-state index in [-0.39, 0.29) is 0 Å². The molecule has 2 aromatic heterocycles. The molecule has 0 amide bonds. The SMILES string of the molecule is Cc1cccc(-c2ccc3c(c2)c2ccccc2n3-c2cc(C#N)cc(-n3c4ccccc4c4cc(-c5cccc(C)c5)ccc43)c2-c2cc(C)cc(C#N)c2)c1. The molecule has 0 spiro atoms. The van der Waals surface area contributed by atoms with Crippen LogP contribution >= 0.6 is 0 Å². The summed E-state index contributed by atoms with van der Waals surface area (Å²) in [5, 5.41) is 25.5. The third-order valence-electron chi connectivity index (χ3n) is 11.3. The molecule has 0 unspecified atom stereocenters. The Bertz CT molecular complexity index is 3180. The van der Waals surface area contributed by atoms with Gasteiger partial charge in [-0.25, -0.2) is 0 Å². The smallest absolute Gasteiger partial charge is 0.0993 e. The van der Waals surface area contributed by atoms with Crippen LogP contribution in [-0.2, 0) is 0 Å². The third kappa shape index (κ3) is 5.58. The summed E-state index contributed by atoms with van der Waals surface area (Å²) in [6.07, 6.45) is 0. The molecule has 57 heavy (non-hydrogen) atoms. The fraction of sp³-hybridized carbons (Fsp3) is 0.0566. The number of nitriles is 2. The van der Waals surface area contributed by atoms with Crippen molar-refractivity contribution in [3.8, 4) is 56.9 Å². The Kier molecular flexibility index (Phi) is 7.89. The maximum Gasteiger partial charge on any atom is 0.0993 e. The van der Waals surface area contributed by atoms with E-state index >= 15 is 0 Å². The summed E-state index contributed by atoms with van der Waals surface area (Å²) in [4.78, 5) is 0. The average molecular weight is 729 g/mol. The molecule has 0 aliphatic heterocycles. The molecule has 0 atom stereocenters. The van der Waals surface area contributed by atoms with Gasteiger partial charge in [-0.15, -0.1) is 0 Å². The Labute approximate surface area is 331 Å². The van der Waals surface area contributed by atoms with Gasteiger partial charge in [0.15, 0.2) is 0 Å². The van der Waals surface area contributed by atoms with Crippen LogP contribution in [0.5, 0.6) is 0 Å². The third-order valence-corrected chi connectivity index (χ3v) is 11.3. The molecule has 0 aliphatic carbocycles. The number of aryl methyl sites for hydroxylation is 3. The normalized spacial score (nSPS) is 11.4. The molecule has 0 radical (unpaired) electrons. The molecule has 4 nitrogen and oxygen atoms in total. The quantitative estimate of drug-likeness (QED) is 0.177. The Morgan fingerprint density at radius 1 is 0.351 bits per heavy atom. The van der Waals surface area contributed by atoms with Gasteiger partial charge in [-0.2, -0.15) is 10.5 Å². The van der Waals surface area contributed by atoms with E-state index in [1.54, 1.807) is 0 Å². The van der Waals surface area contributed by atoms with E-state index in [4.69, 9.17) is 0 Å². The summed E-state index contributed by atoms with van der Waals surface area (Å²) in [6, 6.07) is 62.7. The molecule has 8 aromatic carbocycles. The average Bonchev–Trinajstić information content (AvgIpc) is 3.75. The van der Waals surface area contributed by atoms with Gasteiger partial charge in [0.05, 0.1) is 56.7 Å². The van der Waals surface area contributed by atoms with Crippen LogP contribution in [0.1, 0.15) is 27.8 Å². The second-order valence-electron chi connectivity index (χ2n) is 15.1. The molecule has 0 bridgehead atoms. The predicted octanol–water partition coefficient (Wildman–Crippen LogP) is 13.6. The van der Waals surface area contributed by atoms with Gasteiger partial charge in [0.25, 0.3) is 0 Å². The van der Waals surface area contributed by atoms with E-state index in [0.29, 0.717) is 11.1 Å². The maximum atomic E-state index is 10.8. The lowest BCUT2D eigenvalue weighted by Gasteiger charge is -2.21. The standard InChI is InChI=1S/C53H36N4/c1-33-10-8-12-38(23-33)40-18-20-49-45(29-40)43-14-4-6-16-47(43)56(49)51-27-37(32-55)28-52(53(51)42-25-35(3)22-36(26-42)31-54)57-48-17-7-5-15-44(48)46-30-41(19-21-50(46)57)39-13-9-11-34(2)24-39/h4-30H,1-3H3. The van der Waals surface area contributed by atoms with Crippen LogP contribution in [-0.4, -0.2) is 9.13 Å². The first-order valence-corrected chi connectivity index (χ1v) is 19.2. The summed E-state index contributed by atoms with van der Waals surface area (Å²) >= 11 is 0. The van der Waals surface area contributed by atoms with Crippen molar-refractivity contribution in [2.45, 2.75) is 20.8 Å². The van der Waals surface area contributed by atoms with E-state index < -0.39 is 0 Å². The zero-order valence-electron chi connectivity index (χ0n) is 31.9. The van der Waals surface area contributed by atoms with Crippen molar-refractivity contribution in [2.24, 2.45) is 0 Å². The number of aromatic nitrogens is 2. The molecule has 0 saturated heterocycles. The fourth-order valence-corrected chi connectivity index (χ4v) is 8.79. The molecule has 0 N–H and O–H groups in total. The maximum absolute atomic E-state index is 10.8. The molecule has 10 rings (SSSR count). The molecule has 268 valence electrons. The summed E-state index contributed by atoms with van der Waals surface area (Å²) in [5.74, 6) is 0. The van der Waals surface area contributed by atoms with Crippen molar-refractivity contribution in [3.05, 3.63) is 192 Å². The Morgan fingerprint density at radius 3 is 1.28 bits per heavy atom. The lowest BCUT2D eigenvalue weighted by molar-refractivity contribution is 1.13. The number of hydrogen-bond acceptors (Lipinski definition) is 2. The topological polar surface area (TPSA) is 57.4 Å². The minimum absolute atomic E-state index is 0.543. The van der Waals surface area contributed by atoms with Crippen molar-refractivity contribution >= 4 is 43.6 Å². The fourth-order valence-electron chi connectivity index (χ4n) is 8.79. The van der Waals surface area contributed by atoms with Crippen molar-refractivity contribution in [1.82, 2.24) is 9.13 Å². The number of benzene rings is 8. The van der Waals surface area contributed by atoms with Crippen molar-refractivity contribution in [3.63, 3.8) is 0 Å². The zero-order chi connectivity index (χ0) is 38.8. The molecule has 10 aromatic rings. The largest absolute Gasteiger partial charge is 0.308 e. The highest BCUT2D eigenvalue weighted by atomic mass is 15.0. The molecular weight excluding hydrogens is 693 g/mol. The van der Waals surface area contributed by atoms with Crippen LogP contribution in [0.2, 0.25) is 0 Å². The first-order chi connectivity index (χ1) is 27.9. The van der Waals surface area contributed by atoms with Gasteiger partial charge >= 0.3 is 0 Å². The van der Waals surface area contributed by atoms with Crippen molar-refractivity contribution in [1.29, 1.82) is 10.5 Å². The second-order valence-corrected chi connectivity index (χ2v) is 15.1. The van der Waals surface area contributed by atoms with Crippen LogP contribution in [0, 0.1) is 43.4 Å². The number of rotatable bonds is 5. The van der Waals surface area contributed by atoms with E-state index in [2.05, 4.69) is 175 Å². The molecule has 0 saturated carbocycles. The molecule has 4 heteroatoms. The number of nitrogens with zero attached hydrogens (tertiary/aromatic N) is 4. The highest BCUT2D eigenvalue weighted by Gasteiger charge is 2.24. The van der Waals surface area contributed by atoms with Crippen LogP contribution in [0.25, 0.3) is 88.4 Å². The van der Waals surface area contributed by atoms with E-state index in [9.17, 15) is 10.5 Å². The minimum atomic E-state index is 0.543. The summed E-state index contributed by atoms with van der Waals surface area (Å²) in [5.41, 5.74) is 16.9. The first kappa shape index (κ1) is 33.9. The summed E-state index contributed by atoms with van der Waals surface area (Å²) in [6.45, 7) is 6.28. The van der Waals surface area contributed by atoms with E-state index in [1.165, 1.54) is 22.3 Å². The zero-order valence-corrected chi connectivity index (χ0v) is 31.9. The van der Waals surface area contributed by atoms with E-state index in [1.807, 2.05) is 31.2 Å². The van der Waals surface area contributed by atoms with Gasteiger partial charge in [0.1, 0.15) is 0 Å². The van der Waals surface area contributed by atoms with Crippen molar-refractivity contribution in [2.75, 3.05) is 0 Å². The predicted molar refractivity (Wildman–Crippen MR) is 235 cm³/mol. The van der Waals surface area contributed by atoms with Gasteiger partial charge in [-0.05, 0) is 115 Å². The van der Waals surface area contributed by atoms with Gasteiger partial charge in [-0.1, -0.05) is 114 Å². The lowest BCUT2D eigenvalue weighted by Crippen LogP contribution is -2.05. The molecule has 0 aliphatic rings. The number of hydrogen-bond donors (Lipinski definition) is 0. The van der Waals surface area contributed by atoms with Crippen LogP contribution < -0.4 is 0 Å². The molecular formula is C53H36N4. The highest BCUT2D eigenvalue weighted by Crippen LogP contribution is 2.44. The minimum Gasteiger partial charge on any atom is -0.308 e. The second kappa shape index (κ2) is 13.3. The van der Waals surface area contributed by atoms with Crippen LogP contribution in [0.15, 0.2) is 164 Å². The Balaban J connectivity index is 1.33.